The second-order valence-corrected chi connectivity index (χ2v) is 5.22. The third-order valence-electron chi connectivity index (χ3n) is 3.15. The van der Waals surface area contributed by atoms with Crippen LogP contribution in [0, 0.1) is 0 Å². The molecule has 2 nitrogen and oxygen atoms in total. The SMILES string of the molecule is COCC(C)(C)c1ccccc1CCCCN. The number of nitrogens with two attached hydrogens (primary N) is 1. The van der Waals surface area contributed by atoms with Gasteiger partial charge in [-0.05, 0) is 36.9 Å². The molecule has 0 aliphatic rings. The Morgan fingerprint density at radius 3 is 2.53 bits per heavy atom. The summed E-state index contributed by atoms with van der Waals surface area (Å²) in [7, 11) is 1.76. The first-order valence-corrected chi connectivity index (χ1v) is 6.39. The van der Waals surface area contributed by atoms with Gasteiger partial charge in [-0.3, -0.25) is 0 Å². The fourth-order valence-corrected chi connectivity index (χ4v) is 2.30. The van der Waals surface area contributed by atoms with E-state index in [0.717, 1.165) is 32.4 Å². The minimum Gasteiger partial charge on any atom is -0.384 e. The monoisotopic (exact) mass is 235 g/mol. The van der Waals surface area contributed by atoms with Gasteiger partial charge >= 0.3 is 0 Å². The number of hydrogen-bond donors (Lipinski definition) is 1. The maximum absolute atomic E-state index is 5.54. The third kappa shape index (κ3) is 4.14. The van der Waals surface area contributed by atoms with Gasteiger partial charge in [0.1, 0.15) is 0 Å². The Bertz CT molecular complexity index is 333. The molecule has 0 aliphatic heterocycles. The van der Waals surface area contributed by atoms with E-state index in [1.54, 1.807) is 7.11 Å². The van der Waals surface area contributed by atoms with Crippen molar-refractivity contribution in [1.29, 1.82) is 0 Å². The van der Waals surface area contributed by atoms with Gasteiger partial charge in [0.25, 0.3) is 0 Å². The molecule has 1 aromatic carbocycles. The first-order valence-electron chi connectivity index (χ1n) is 6.39. The standard InChI is InChI=1S/C15H25NO/c1-15(2,12-17-3)14-10-5-4-8-13(14)9-6-7-11-16/h4-5,8,10H,6-7,9,11-12,16H2,1-3H3. The maximum atomic E-state index is 5.54. The lowest BCUT2D eigenvalue weighted by Crippen LogP contribution is -2.25. The van der Waals surface area contributed by atoms with Gasteiger partial charge in [0.05, 0.1) is 6.61 Å². The maximum Gasteiger partial charge on any atom is 0.0553 e. The van der Waals surface area contributed by atoms with Crippen molar-refractivity contribution < 1.29 is 4.74 Å². The Labute approximate surface area is 105 Å². The highest BCUT2D eigenvalue weighted by atomic mass is 16.5. The normalized spacial score (nSPS) is 11.8. The van der Waals surface area contributed by atoms with Gasteiger partial charge in [-0.15, -0.1) is 0 Å². The number of unbranched alkanes of at least 4 members (excludes halogenated alkanes) is 1. The molecular formula is C15H25NO. The molecule has 0 fully saturated rings. The summed E-state index contributed by atoms with van der Waals surface area (Å²) in [6.07, 6.45) is 3.37. The molecule has 0 spiro atoms. The quantitative estimate of drug-likeness (QED) is 0.738. The van der Waals surface area contributed by atoms with Crippen LogP contribution in [0.4, 0.5) is 0 Å². The van der Waals surface area contributed by atoms with Crippen molar-refractivity contribution in [2.75, 3.05) is 20.3 Å². The van der Waals surface area contributed by atoms with E-state index in [-0.39, 0.29) is 5.41 Å². The van der Waals surface area contributed by atoms with Crippen LogP contribution in [0.3, 0.4) is 0 Å². The van der Waals surface area contributed by atoms with Crippen molar-refractivity contribution >= 4 is 0 Å². The van der Waals surface area contributed by atoms with Crippen LogP contribution in [0.2, 0.25) is 0 Å². The number of benzene rings is 1. The Morgan fingerprint density at radius 2 is 1.88 bits per heavy atom. The number of hydrogen-bond acceptors (Lipinski definition) is 2. The van der Waals surface area contributed by atoms with Crippen molar-refractivity contribution in [2.45, 2.75) is 38.5 Å². The largest absolute Gasteiger partial charge is 0.384 e. The van der Waals surface area contributed by atoms with E-state index in [1.165, 1.54) is 11.1 Å². The fraction of sp³-hybridized carbons (Fsp3) is 0.600. The number of rotatable bonds is 7. The first-order chi connectivity index (χ1) is 8.11. The summed E-state index contributed by atoms with van der Waals surface area (Å²) in [5.74, 6) is 0. The van der Waals surface area contributed by atoms with Crippen LogP contribution in [0.1, 0.15) is 37.8 Å². The lowest BCUT2D eigenvalue weighted by atomic mass is 9.81. The van der Waals surface area contributed by atoms with Crippen molar-refractivity contribution in [3.05, 3.63) is 35.4 Å². The average Bonchev–Trinajstić information content (AvgIpc) is 2.30. The summed E-state index contributed by atoms with van der Waals surface area (Å²) < 4.78 is 5.32. The Kier molecular flexibility index (Phi) is 5.66. The van der Waals surface area contributed by atoms with E-state index >= 15 is 0 Å². The zero-order chi connectivity index (χ0) is 12.7. The smallest absolute Gasteiger partial charge is 0.0553 e. The Balaban J connectivity index is 2.83. The van der Waals surface area contributed by atoms with Crippen LogP contribution >= 0.6 is 0 Å². The van der Waals surface area contributed by atoms with Gasteiger partial charge in [-0.2, -0.15) is 0 Å². The van der Waals surface area contributed by atoms with E-state index < -0.39 is 0 Å². The number of ether oxygens (including phenoxy) is 1. The molecule has 17 heavy (non-hydrogen) atoms. The van der Waals surface area contributed by atoms with Crippen molar-refractivity contribution in [3.63, 3.8) is 0 Å². The van der Waals surface area contributed by atoms with Gasteiger partial charge in [0, 0.05) is 12.5 Å². The van der Waals surface area contributed by atoms with Gasteiger partial charge in [0.15, 0.2) is 0 Å². The lowest BCUT2D eigenvalue weighted by Gasteiger charge is -2.27. The molecule has 1 aromatic rings. The molecule has 2 heteroatoms. The molecular weight excluding hydrogens is 210 g/mol. The summed E-state index contributed by atoms with van der Waals surface area (Å²) in [5, 5.41) is 0. The molecule has 0 heterocycles. The zero-order valence-corrected chi connectivity index (χ0v) is 11.3. The first kappa shape index (κ1) is 14.2. The van der Waals surface area contributed by atoms with E-state index in [9.17, 15) is 0 Å². The van der Waals surface area contributed by atoms with Crippen LogP contribution in [0.25, 0.3) is 0 Å². The van der Waals surface area contributed by atoms with E-state index in [1.807, 2.05) is 0 Å². The minimum absolute atomic E-state index is 0.0774. The second-order valence-electron chi connectivity index (χ2n) is 5.22. The lowest BCUT2D eigenvalue weighted by molar-refractivity contribution is 0.146. The summed E-state index contributed by atoms with van der Waals surface area (Å²) >= 11 is 0. The molecule has 0 radical (unpaired) electrons. The number of aryl methyl sites for hydroxylation is 1. The molecule has 0 saturated carbocycles. The van der Waals surface area contributed by atoms with Crippen LogP contribution in [0.15, 0.2) is 24.3 Å². The Morgan fingerprint density at radius 1 is 1.18 bits per heavy atom. The van der Waals surface area contributed by atoms with Crippen molar-refractivity contribution in [1.82, 2.24) is 0 Å². The second kappa shape index (κ2) is 6.77. The summed E-state index contributed by atoms with van der Waals surface area (Å²) in [6.45, 7) is 6.00. The summed E-state index contributed by atoms with van der Waals surface area (Å²) in [4.78, 5) is 0. The van der Waals surface area contributed by atoms with Crippen LogP contribution in [0.5, 0.6) is 0 Å². The van der Waals surface area contributed by atoms with Gasteiger partial charge in [-0.1, -0.05) is 38.1 Å². The predicted octanol–water partition coefficient (Wildman–Crippen LogP) is 2.89. The molecule has 0 saturated heterocycles. The van der Waals surface area contributed by atoms with E-state index in [0.29, 0.717) is 0 Å². The van der Waals surface area contributed by atoms with Crippen LogP contribution < -0.4 is 5.73 Å². The molecule has 0 bridgehead atoms. The highest BCUT2D eigenvalue weighted by Crippen LogP contribution is 2.27. The highest BCUT2D eigenvalue weighted by molar-refractivity contribution is 5.33. The molecule has 2 N–H and O–H groups in total. The summed E-state index contributed by atoms with van der Waals surface area (Å²) in [6, 6.07) is 8.67. The minimum atomic E-state index is 0.0774. The van der Waals surface area contributed by atoms with E-state index in [2.05, 4.69) is 38.1 Å². The highest BCUT2D eigenvalue weighted by Gasteiger charge is 2.22. The third-order valence-corrected chi connectivity index (χ3v) is 3.15. The molecule has 96 valence electrons. The molecule has 0 unspecified atom stereocenters. The molecule has 1 rings (SSSR count). The molecule has 0 amide bonds. The van der Waals surface area contributed by atoms with Crippen molar-refractivity contribution in [3.8, 4) is 0 Å². The summed E-state index contributed by atoms with van der Waals surface area (Å²) in [5.41, 5.74) is 8.46. The number of methoxy groups -OCH3 is 1. The molecule has 0 atom stereocenters. The Hall–Kier alpha value is -0.860. The van der Waals surface area contributed by atoms with E-state index in [4.69, 9.17) is 10.5 Å². The van der Waals surface area contributed by atoms with Gasteiger partial charge in [-0.25, -0.2) is 0 Å². The molecule has 0 aromatic heterocycles. The molecule has 0 aliphatic carbocycles. The predicted molar refractivity (Wildman–Crippen MR) is 73.3 cm³/mol. The van der Waals surface area contributed by atoms with Crippen LogP contribution in [-0.4, -0.2) is 20.3 Å². The zero-order valence-electron chi connectivity index (χ0n) is 11.3. The van der Waals surface area contributed by atoms with Crippen LogP contribution in [-0.2, 0) is 16.6 Å². The van der Waals surface area contributed by atoms with Gasteiger partial charge in [0.2, 0.25) is 0 Å². The van der Waals surface area contributed by atoms with Crippen molar-refractivity contribution in [2.24, 2.45) is 5.73 Å². The average molecular weight is 235 g/mol. The topological polar surface area (TPSA) is 35.2 Å². The van der Waals surface area contributed by atoms with Gasteiger partial charge < -0.3 is 10.5 Å². The fourth-order valence-electron chi connectivity index (χ4n) is 2.30.